The van der Waals surface area contributed by atoms with Crippen molar-refractivity contribution in [3.8, 4) is 0 Å². The molecule has 2 aromatic rings. The van der Waals surface area contributed by atoms with Crippen molar-refractivity contribution in [1.82, 2.24) is 14.5 Å². The number of nitrogens with zero attached hydrogens (tertiary/aromatic N) is 4. The molecule has 3 heterocycles. The van der Waals surface area contributed by atoms with E-state index in [0.717, 1.165) is 37.0 Å². The minimum atomic E-state index is -0.121. The van der Waals surface area contributed by atoms with E-state index >= 15 is 0 Å². The van der Waals surface area contributed by atoms with E-state index in [2.05, 4.69) is 4.98 Å². The van der Waals surface area contributed by atoms with Crippen LogP contribution in [-0.2, 0) is 16.1 Å². The second-order valence-electron chi connectivity index (χ2n) is 7.53. The fourth-order valence-electron chi connectivity index (χ4n) is 4.07. The maximum absolute atomic E-state index is 13.2. The van der Waals surface area contributed by atoms with Crippen LogP contribution in [0.15, 0.2) is 29.1 Å². The summed E-state index contributed by atoms with van der Waals surface area (Å²) in [7, 11) is 0. The van der Waals surface area contributed by atoms with Crippen LogP contribution >= 0.6 is 0 Å². The Morgan fingerprint density at radius 2 is 1.71 bits per heavy atom. The van der Waals surface area contributed by atoms with E-state index in [1.807, 2.05) is 34.1 Å². The number of carbonyl (C=O) groups is 1. The average molecular weight is 384 g/mol. The molecule has 1 aromatic heterocycles. The first-order valence-corrected chi connectivity index (χ1v) is 10.3. The third-order valence-corrected chi connectivity index (χ3v) is 5.65. The molecule has 7 nitrogen and oxygen atoms in total. The Kier molecular flexibility index (Phi) is 5.90. The zero-order valence-electron chi connectivity index (χ0n) is 16.3. The van der Waals surface area contributed by atoms with Crippen LogP contribution in [0.25, 0.3) is 11.0 Å². The lowest BCUT2D eigenvalue weighted by Gasteiger charge is -2.28. The Bertz CT molecular complexity index is 881. The summed E-state index contributed by atoms with van der Waals surface area (Å²) in [5.74, 6) is 0.604. The molecule has 0 aliphatic carbocycles. The molecule has 2 aliphatic rings. The monoisotopic (exact) mass is 384 g/mol. The highest BCUT2D eigenvalue weighted by atomic mass is 16.5. The fraction of sp³-hybridized carbons (Fsp3) is 0.571. The van der Waals surface area contributed by atoms with E-state index in [4.69, 9.17) is 4.74 Å². The molecular weight excluding hydrogens is 356 g/mol. The molecule has 2 saturated heterocycles. The third kappa shape index (κ3) is 4.04. The molecule has 0 N–H and O–H groups in total. The second kappa shape index (κ2) is 8.73. The number of hydrogen-bond acceptors (Lipinski definition) is 5. The number of carbonyl (C=O) groups excluding carboxylic acids is 1. The number of benzene rings is 1. The van der Waals surface area contributed by atoms with Crippen molar-refractivity contribution >= 4 is 22.8 Å². The van der Waals surface area contributed by atoms with Crippen molar-refractivity contribution < 1.29 is 9.53 Å². The van der Waals surface area contributed by atoms with Gasteiger partial charge in [0.05, 0.1) is 24.2 Å². The maximum Gasteiger partial charge on any atom is 0.294 e. The van der Waals surface area contributed by atoms with E-state index in [9.17, 15) is 9.59 Å². The summed E-state index contributed by atoms with van der Waals surface area (Å²) >= 11 is 0. The number of likely N-dealkylation sites (tertiary alicyclic amines) is 1. The summed E-state index contributed by atoms with van der Waals surface area (Å²) in [6.07, 6.45) is 4.88. The van der Waals surface area contributed by atoms with E-state index in [1.165, 1.54) is 12.8 Å². The van der Waals surface area contributed by atoms with Gasteiger partial charge in [-0.05, 0) is 25.0 Å². The molecule has 150 valence electrons. The van der Waals surface area contributed by atoms with Gasteiger partial charge in [0.2, 0.25) is 5.91 Å². The zero-order valence-corrected chi connectivity index (χ0v) is 16.3. The average Bonchev–Trinajstić information content (AvgIpc) is 3.03. The topological polar surface area (TPSA) is 67.7 Å². The molecule has 4 rings (SSSR count). The Balaban J connectivity index is 1.60. The Hall–Kier alpha value is -2.41. The van der Waals surface area contributed by atoms with Gasteiger partial charge in [-0.15, -0.1) is 0 Å². The molecule has 2 fully saturated rings. The number of aromatic nitrogens is 2. The first-order chi connectivity index (χ1) is 13.7. The van der Waals surface area contributed by atoms with Crippen molar-refractivity contribution in [1.29, 1.82) is 0 Å². The molecule has 28 heavy (non-hydrogen) atoms. The van der Waals surface area contributed by atoms with Gasteiger partial charge in [-0.1, -0.05) is 25.0 Å². The van der Waals surface area contributed by atoms with Crippen LogP contribution in [0.2, 0.25) is 0 Å². The fourth-order valence-corrected chi connectivity index (χ4v) is 4.07. The van der Waals surface area contributed by atoms with Gasteiger partial charge >= 0.3 is 0 Å². The SMILES string of the molecule is O=C(CCn1c(=O)c(N2CCOCC2)nc2ccccc21)N1CCCCCC1. The lowest BCUT2D eigenvalue weighted by molar-refractivity contribution is -0.131. The van der Waals surface area contributed by atoms with Gasteiger partial charge in [-0.25, -0.2) is 4.98 Å². The Morgan fingerprint density at radius 3 is 2.46 bits per heavy atom. The number of rotatable bonds is 4. The van der Waals surface area contributed by atoms with Crippen molar-refractivity contribution in [2.75, 3.05) is 44.3 Å². The smallest absolute Gasteiger partial charge is 0.294 e. The van der Waals surface area contributed by atoms with Gasteiger partial charge in [0.25, 0.3) is 5.56 Å². The lowest BCUT2D eigenvalue weighted by atomic mass is 10.2. The summed E-state index contributed by atoms with van der Waals surface area (Å²) in [5, 5.41) is 0. The number of amides is 1. The van der Waals surface area contributed by atoms with Crippen LogP contribution in [0.3, 0.4) is 0 Å². The molecular formula is C21H28N4O3. The summed E-state index contributed by atoms with van der Waals surface area (Å²) in [5.41, 5.74) is 1.45. The molecule has 0 bridgehead atoms. The van der Waals surface area contributed by atoms with Gasteiger partial charge in [-0.3, -0.25) is 9.59 Å². The highest BCUT2D eigenvalue weighted by Crippen LogP contribution is 2.17. The minimum absolute atomic E-state index is 0.121. The maximum atomic E-state index is 13.2. The molecule has 0 saturated carbocycles. The van der Waals surface area contributed by atoms with Crippen molar-refractivity contribution in [2.24, 2.45) is 0 Å². The number of morpholine rings is 1. The first-order valence-electron chi connectivity index (χ1n) is 10.3. The third-order valence-electron chi connectivity index (χ3n) is 5.65. The number of hydrogen-bond donors (Lipinski definition) is 0. The Morgan fingerprint density at radius 1 is 1.00 bits per heavy atom. The van der Waals surface area contributed by atoms with E-state index < -0.39 is 0 Å². The molecule has 2 aliphatic heterocycles. The van der Waals surface area contributed by atoms with Gasteiger partial charge < -0.3 is 19.1 Å². The standard InChI is InChI=1S/C21H28N4O3/c26-19(23-10-5-1-2-6-11-23)9-12-25-18-8-4-3-7-17(18)22-20(21(25)27)24-13-15-28-16-14-24/h3-4,7-8H,1-2,5-6,9-16H2. The summed E-state index contributed by atoms with van der Waals surface area (Å²) < 4.78 is 7.13. The molecule has 0 radical (unpaired) electrons. The predicted molar refractivity (Wildman–Crippen MR) is 109 cm³/mol. The van der Waals surface area contributed by atoms with Crippen LogP contribution in [-0.4, -0.2) is 59.8 Å². The molecule has 1 amide bonds. The first kappa shape index (κ1) is 18.9. The number of para-hydroxylation sites is 2. The van der Waals surface area contributed by atoms with Crippen LogP contribution < -0.4 is 10.5 Å². The van der Waals surface area contributed by atoms with Gasteiger partial charge in [-0.2, -0.15) is 0 Å². The van der Waals surface area contributed by atoms with Gasteiger partial charge in [0, 0.05) is 39.1 Å². The minimum Gasteiger partial charge on any atom is -0.378 e. The number of aryl methyl sites for hydroxylation is 1. The van der Waals surface area contributed by atoms with Crippen molar-refractivity contribution in [2.45, 2.75) is 38.6 Å². The van der Waals surface area contributed by atoms with Gasteiger partial charge in [0.1, 0.15) is 0 Å². The van der Waals surface area contributed by atoms with E-state index in [1.54, 1.807) is 4.57 Å². The lowest BCUT2D eigenvalue weighted by Crippen LogP contribution is -2.41. The van der Waals surface area contributed by atoms with Crippen LogP contribution in [0.4, 0.5) is 5.82 Å². The zero-order chi connectivity index (χ0) is 19.3. The number of ether oxygens (including phenoxy) is 1. The summed E-state index contributed by atoms with van der Waals surface area (Å²) in [6, 6.07) is 7.66. The number of anilines is 1. The molecule has 7 heteroatoms. The number of fused-ring (bicyclic) bond motifs is 1. The largest absolute Gasteiger partial charge is 0.378 e. The molecule has 1 aromatic carbocycles. The summed E-state index contributed by atoms with van der Waals surface area (Å²) in [6.45, 7) is 4.58. The van der Waals surface area contributed by atoms with Crippen LogP contribution in [0, 0.1) is 0 Å². The van der Waals surface area contributed by atoms with E-state index in [0.29, 0.717) is 45.1 Å². The summed E-state index contributed by atoms with van der Waals surface area (Å²) in [4.78, 5) is 34.5. The normalized spacial score (nSPS) is 18.3. The highest BCUT2D eigenvalue weighted by Gasteiger charge is 2.21. The van der Waals surface area contributed by atoms with E-state index in [-0.39, 0.29) is 11.5 Å². The molecule has 0 atom stereocenters. The van der Waals surface area contributed by atoms with Crippen LogP contribution in [0.1, 0.15) is 32.1 Å². The molecule has 0 unspecified atom stereocenters. The molecule has 0 spiro atoms. The van der Waals surface area contributed by atoms with Crippen molar-refractivity contribution in [3.63, 3.8) is 0 Å². The quantitative estimate of drug-likeness (QED) is 0.807. The Labute approximate surface area is 164 Å². The predicted octanol–water partition coefficient (Wildman–Crippen LogP) is 2.03. The van der Waals surface area contributed by atoms with Gasteiger partial charge in [0.15, 0.2) is 5.82 Å². The second-order valence-corrected chi connectivity index (χ2v) is 7.53. The van der Waals surface area contributed by atoms with Crippen LogP contribution in [0.5, 0.6) is 0 Å². The highest BCUT2D eigenvalue weighted by molar-refractivity contribution is 5.78. The van der Waals surface area contributed by atoms with Crippen molar-refractivity contribution in [3.05, 3.63) is 34.6 Å².